The zero-order valence-corrected chi connectivity index (χ0v) is 10.8. The first kappa shape index (κ1) is 13.8. The van der Waals surface area contributed by atoms with E-state index in [1.807, 2.05) is 0 Å². The fourth-order valence-corrected chi connectivity index (χ4v) is 2.39. The molecule has 3 N–H and O–H groups in total. The van der Waals surface area contributed by atoms with E-state index < -0.39 is 5.82 Å². The van der Waals surface area contributed by atoms with Gasteiger partial charge in [-0.2, -0.15) is 0 Å². The Morgan fingerprint density at radius 3 is 2.79 bits per heavy atom. The van der Waals surface area contributed by atoms with Gasteiger partial charge >= 0.3 is 0 Å². The van der Waals surface area contributed by atoms with Gasteiger partial charge in [-0.05, 0) is 24.8 Å². The Kier molecular flexibility index (Phi) is 4.74. The lowest BCUT2D eigenvalue weighted by molar-refractivity contribution is 0.0870. The molecule has 104 valence electrons. The van der Waals surface area contributed by atoms with Crippen LogP contribution in [0.2, 0.25) is 0 Å². The predicted octanol–water partition coefficient (Wildman–Crippen LogP) is 2.63. The Morgan fingerprint density at radius 2 is 2.16 bits per heavy atom. The van der Waals surface area contributed by atoms with Crippen LogP contribution in [0.15, 0.2) is 23.4 Å². The van der Waals surface area contributed by atoms with Gasteiger partial charge in [0.1, 0.15) is 5.82 Å². The second-order valence-corrected chi connectivity index (χ2v) is 4.96. The first-order chi connectivity index (χ1) is 9.20. The monoisotopic (exact) mass is 266 g/mol. The number of benzene rings is 1. The van der Waals surface area contributed by atoms with Crippen LogP contribution >= 0.6 is 0 Å². The number of hydrogen-bond donors (Lipinski definition) is 2. The molecule has 2 rings (SSSR count). The van der Waals surface area contributed by atoms with Gasteiger partial charge in [-0.3, -0.25) is 0 Å². The highest BCUT2D eigenvalue weighted by Gasteiger charge is 2.15. The van der Waals surface area contributed by atoms with Crippen molar-refractivity contribution < 1.29 is 14.3 Å². The standard InChI is InChI=1S/C14H19FN2O2/c15-13-7-11(14(16)17-18)5-6-12(13)9-19-8-10-3-1-2-4-10/h5-7,10,18H,1-4,8-9H2,(H2,16,17). The topological polar surface area (TPSA) is 67.8 Å². The SMILES string of the molecule is NC(=NO)c1ccc(COCC2CCCC2)c(F)c1. The lowest BCUT2D eigenvalue weighted by Crippen LogP contribution is -2.14. The van der Waals surface area contributed by atoms with Crippen molar-refractivity contribution in [2.24, 2.45) is 16.8 Å². The maximum absolute atomic E-state index is 13.8. The number of oxime groups is 1. The number of nitrogens with two attached hydrogens (primary N) is 1. The van der Waals surface area contributed by atoms with E-state index in [0.29, 0.717) is 23.7 Å². The molecule has 0 spiro atoms. The van der Waals surface area contributed by atoms with Crippen molar-refractivity contribution in [3.63, 3.8) is 0 Å². The van der Waals surface area contributed by atoms with Crippen molar-refractivity contribution in [2.45, 2.75) is 32.3 Å². The van der Waals surface area contributed by atoms with Gasteiger partial charge in [0, 0.05) is 17.7 Å². The minimum atomic E-state index is -0.393. The van der Waals surface area contributed by atoms with E-state index in [1.165, 1.54) is 31.7 Å². The molecule has 19 heavy (non-hydrogen) atoms. The molecule has 0 heterocycles. The van der Waals surface area contributed by atoms with Crippen molar-refractivity contribution in [1.29, 1.82) is 0 Å². The quantitative estimate of drug-likeness (QED) is 0.372. The summed E-state index contributed by atoms with van der Waals surface area (Å²) in [6.07, 6.45) is 4.98. The zero-order chi connectivity index (χ0) is 13.7. The summed E-state index contributed by atoms with van der Waals surface area (Å²) in [7, 11) is 0. The molecule has 5 heteroatoms. The third-order valence-corrected chi connectivity index (χ3v) is 3.54. The smallest absolute Gasteiger partial charge is 0.170 e. The number of halogens is 1. The minimum absolute atomic E-state index is 0.0997. The Morgan fingerprint density at radius 1 is 1.42 bits per heavy atom. The van der Waals surface area contributed by atoms with Crippen LogP contribution in [-0.4, -0.2) is 17.6 Å². The van der Waals surface area contributed by atoms with E-state index in [-0.39, 0.29) is 12.4 Å². The van der Waals surface area contributed by atoms with Crippen molar-refractivity contribution in [1.82, 2.24) is 0 Å². The van der Waals surface area contributed by atoms with Gasteiger partial charge in [-0.25, -0.2) is 4.39 Å². The van der Waals surface area contributed by atoms with Gasteiger partial charge in [0.05, 0.1) is 6.61 Å². The van der Waals surface area contributed by atoms with E-state index in [2.05, 4.69) is 5.16 Å². The molecule has 0 radical (unpaired) electrons. The summed E-state index contributed by atoms with van der Waals surface area (Å²) >= 11 is 0. The highest BCUT2D eigenvalue weighted by atomic mass is 19.1. The van der Waals surface area contributed by atoms with Crippen molar-refractivity contribution >= 4 is 5.84 Å². The van der Waals surface area contributed by atoms with Crippen LogP contribution in [0.5, 0.6) is 0 Å². The first-order valence-corrected chi connectivity index (χ1v) is 6.54. The normalized spacial score (nSPS) is 17.0. The van der Waals surface area contributed by atoms with E-state index in [4.69, 9.17) is 15.7 Å². The van der Waals surface area contributed by atoms with Crippen LogP contribution in [0.1, 0.15) is 36.8 Å². The second kappa shape index (κ2) is 6.52. The predicted molar refractivity (Wildman–Crippen MR) is 70.5 cm³/mol. The van der Waals surface area contributed by atoms with Gasteiger partial charge in [0.15, 0.2) is 5.84 Å². The van der Waals surface area contributed by atoms with Crippen molar-refractivity contribution in [3.05, 3.63) is 35.1 Å². The third kappa shape index (κ3) is 3.67. The van der Waals surface area contributed by atoms with Crippen LogP contribution in [-0.2, 0) is 11.3 Å². The average Bonchev–Trinajstić information content (AvgIpc) is 2.93. The molecule has 0 unspecified atom stereocenters. The van der Waals surface area contributed by atoms with Crippen LogP contribution in [0, 0.1) is 11.7 Å². The molecule has 0 atom stereocenters. The van der Waals surface area contributed by atoms with Gasteiger partial charge in [0.25, 0.3) is 0 Å². The zero-order valence-electron chi connectivity index (χ0n) is 10.8. The molecule has 0 aromatic heterocycles. The van der Waals surface area contributed by atoms with E-state index in [1.54, 1.807) is 12.1 Å². The van der Waals surface area contributed by atoms with Gasteiger partial charge in [-0.1, -0.05) is 30.1 Å². The molecule has 0 saturated heterocycles. The summed E-state index contributed by atoms with van der Waals surface area (Å²) in [5.74, 6) is 0.132. The molecule has 1 fully saturated rings. The van der Waals surface area contributed by atoms with E-state index in [9.17, 15) is 4.39 Å². The van der Waals surface area contributed by atoms with E-state index >= 15 is 0 Å². The lowest BCUT2D eigenvalue weighted by Gasteiger charge is -2.10. The Labute approximate surface area is 112 Å². The van der Waals surface area contributed by atoms with Gasteiger partial charge in [-0.15, -0.1) is 0 Å². The minimum Gasteiger partial charge on any atom is -0.409 e. The summed E-state index contributed by atoms with van der Waals surface area (Å²) in [4.78, 5) is 0. The lowest BCUT2D eigenvalue weighted by atomic mass is 10.1. The maximum Gasteiger partial charge on any atom is 0.170 e. The number of nitrogens with zero attached hydrogens (tertiary/aromatic N) is 1. The van der Waals surface area contributed by atoms with Crippen LogP contribution in [0.25, 0.3) is 0 Å². The molecule has 4 nitrogen and oxygen atoms in total. The molecule has 1 saturated carbocycles. The number of hydrogen-bond acceptors (Lipinski definition) is 3. The molecule has 1 aromatic carbocycles. The summed E-state index contributed by atoms with van der Waals surface area (Å²) in [6.45, 7) is 0.959. The molecule has 1 aliphatic carbocycles. The van der Waals surface area contributed by atoms with Crippen LogP contribution in [0.4, 0.5) is 4.39 Å². The molecule has 0 bridgehead atoms. The van der Waals surface area contributed by atoms with Crippen molar-refractivity contribution in [3.8, 4) is 0 Å². The molecule has 1 aliphatic rings. The highest BCUT2D eigenvalue weighted by Crippen LogP contribution is 2.25. The van der Waals surface area contributed by atoms with Gasteiger partial charge in [0.2, 0.25) is 0 Å². The Hall–Kier alpha value is -1.62. The Bertz CT molecular complexity index is 457. The van der Waals surface area contributed by atoms with Crippen LogP contribution < -0.4 is 5.73 Å². The number of amidine groups is 1. The third-order valence-electron chi connectivity index (χ3n) is 3.54. The Balaban J connectivity index is 1.89. The largest absolute Gasteiger partial charge is 0.409 e. The fourth-order valence-electron chi connectivity index (χ4n) is 2.39. The summed E-state index contributed by atoms with van der Waals surface area (Å²) in [5, 5.41) is 11.4. The van der Waals surface area contributed by atoms with Crippen molar-refractivity contribution in [2.75, 3.05) is 6.61 Å². The molecule has 0 amide bonds. The molecular formula is C14H19FN2O2. The molecule has 0 aliphatic heterocycles. The average molecular weight is 266 g/mol. The summed E-state index contributed by atoms with van der Waals surface area (Å²) in [5.41, 5.74) is 6.25. The maximum atomic E-state index is 13.8. The summed E-state index contributed by atoms with van der Waals surface area (Å²) in [6, 6.07) is 4.48. The molecule has 1 aromatic rings. The molecular weight excluding hydrogens is 247 g/mol. The first-order valence-electron chi connectivity index (χ1n) is 6.54. The van der Waals surface area contributed by atoms with Crippen LogP contribution in [0.3, 0.4) is 0 Å². The highest BCUT2D eigenvalue weighted by molar-refractivity contribution is 5.97. The number of rotatable bonds is 5. The van der Waals surface area contributed by atoms with E-state index in [0.717, 1.165) is 0 Å². The van der Waals surface area contributed by atoms with Gasteiger partial charge < -0.3 is 15.7 Å². The number of ether oxygens (including phenoxy) is 1. The summed E-state index contributed by atoms with van der Waals surface area (Å²) < 4.78 is 19.3. The fraction of sp³-hybridized carbons (Fsp3) is 0.500. The second-order valence-electron chi connectivity index (χ2n) is 4.96.